The molecule has 566 valence electrons. The van der Waals surface area contributed by atoms with Gasteiger partial charge in [-0.15, -0.1) is 6.58 Å². The Hall–Kier alpha value is -2.88. The lowest BCUT2D eigenvalue weighted by Crippen LogP contribution is -2.69. The first kappa shape index (κ1) is 78.7. The number of fused-ring (bicyclic) bond motifs is 7. The molecule has 0 unspecified atom stereocenters. The van der Waals surface area contributed by atoms with Crippen molar-refractivity contribution in [1.29, 1.82) is 0 Å². The number of esters is 1. The molecular weight excluding hydrogens is 1310 g/mol. The zero-order valence-corrected chi connectivity index (χ0v) is 58.1. The summed E-state index contributed by atoms with van der Waals surface area (Å²) in [5.74, 6) is -2.88. The minimum absolute atomic E-state index is 0.0292. The molecule has 30 nitrogen and oxygen atoms in total. The highest BCUT2D eigenvalue weighted by molar-refractivity contribution is 5.89. The van der Waals surface area contributed by atoms with Crippen LogP contribution in [0.2, 0.25) is 0 Å². The van der Waals surface area contributed by atoms with Crippen molar-refractivity contribution in [1.82, 2.24) is 0 Å². The van der Waals surface area contributed by atoms with Gasteiger partial charge < -0.3 is 139 Å². The lowest BCUT2D eigenvalue weighted by molar-refractivity contribution is -0.385. The molecule has 5 saturated heterocycles. The summed E-state index contributed by atoms with van der Waals surface area (Å²) in [5, 5.41) is 186. The molecule has 10 rings (SSSR count). The predicted molar refractivity (Wildman–Crippen MR) is 339 cm³/mol. The van der Waals surface area contributed by atoms with Gasteiger partial charge in [-0.25, -0.2) is 4.79 Å². The van der Waals surface area contributed by atoms with Gasteiger partial charge in [0.15, 0.2) is 31.5 Å². The van der Waals surface area contributed by atoms with Gasteiger partial charge in [-0.2, -0.15) is 0 Å². The number of carbonyl (C=O) groups excluding carboxylic acids is 1. The van der Waals surface area contributed by atoms with Crippen LogP contribution in [0, 0.1) is 50.2 Å². The van der Waals surface area contributed by atoms with E-state index in [2.05, 4.69) is 47.3 Å². The van der Waals surface area contributed by atoms with Crippen LogP contribution >= 0.6 is 0 Å². The maximum absolute atomic E-state index is 14.1. The summed E-state index contributed by atoms with van der Waals surface area (Å²) in [4.78, 5) is 28.2. The topological polar surface area (TPSA) is 480 Å². The number of allylic oxidation sites excluding steroid dienone is 3. The first-order valence-corrected chi connectivity index (χ1v) is 34.9. The quantitative estimate of drug-likeness (QED) is 0.0276. The molecule has 0 aromatic rings. The van der Waals surface area contributed by atoms with E-state index in [0.29, 0.717) is 32.1 Å². The molecule has 0 bridgehead atoms. The Bertz CT molecular complexity index is 2900. The maximum Gasteiger partial charge on any atom is 0.336 e. The predicted octanol–water partition coefficient (Wildman–Crippen LogP) is -1.82. The van der Waals surface area contributed by atoms with Crippen LogP contribution in [0.5, 0.6) is 0 Å². The third kappa shape index (κ3) is 14.0. The lowest BCUT2D eigenvalue weighted by Gasteiger charge is -2.72. The molecule has 0 aromatic carbocycles. The molecule has 30 heteroatoms. The maximum atomic E-state index is 14.1. The van der Waals surface area contributed by atoms with Gasteiger partial charge in [0, 0.05) is 11.8 Å². The number of ether oxygens (including phenoxy) is 11. The number of carbonyl (C=O) groups is 2. The third-order valence-electron chi connectivity index (χ3n) is 25.6. The zero-order valence-electron chi connectivity index (χ0n) is 58.1. The number of carboxylic acid groups (broad SMARTS) is 1. The largest absolute Gasteiger partial charge is 0.481 e. The second kappa shape index (κ2) is 29.5. The van der Waals surface area contributed by atoms with Gasteiger partial charge in [0.25, 0.3) is 0 Å². The van der Waals surface area contributed by atoms with Crippen molar-refractivity contribution in [3.05, 3.63) is 36.0 Å². The molecule has 99 heavy (non-hydrogen) atoms. The summed E-state index contributed by atoms with van der Waals surface area (Å²) in [5.41, 5.74) is -5.36. The zero-order chi connectivity index (χ0) is 72.9. The molecule has 0 aromatic heterocycles. The molecule has 5 aliphatic carbocycles. The molecule has 5 aliphatic heterocycles. The van der Waals surface area contributed by atoms with Crippen LogP contribution in [0.1, 0.15) is 133 Å². The fourth-order valence-corrected chi connectivity index (χ4v) is 19.0. The van der Waals surface area contributed by atoms with E-state index < -0.39 is 248 Å². The smallest absolute Gasteiger partial charge is 0.336 e. The molecule has 5 heterocycles. The van der Waals surface area contributed by atoms with Gasteiger partial charge in [0.05, 0.1) is 62.0 Å². The van der Waals surface area contributed by atoms with E-state index in [1.807, 2.05) is 13.8 Å². The van der Waals surface area contributed by atoms with Crippen LogP contribution in [0.15, 0.2) is 36.0 Å². The molecule has 17 N–H and O–H groups in total. The van der Waals surface area contributed by atoms with Gasteiger partial charge in [0.2, 0.25) is 0 Å². The standard InChI is InChI=1S/C69H110O30/c1-12-65(8,99-59-53(85)47(79)42(74)29(2)91-59)19-13-14-31(25-70)56(86)95-41-24-69(62(87)88)33(22-63(41,4)5)32-15-16-38-66(9)20-18-40(64(6,7)37(66)17-21-67(38,10)68(32,11)23-39(69)73)96-61-55(98-58-52(84)48(80)45(77)35(26-71)93-58)50(82)46(78)36(94-61)28-90-60-54(49(81)43(75)30(3)92-60)97-57-51(83)44(76)34(72)27-89-57/h12,14-15,29-30,33-55,57-61,70-85H,1,13,16-28H2,2-11H3,(H,87,88)/b31-14+/t29-,30-,33+,34-,35-,36-,37+,38-,39-,40+,41+,42-,43+,44+,45-,46-,47+,48+,49+,50+,51-,52-,53-,54-,55-,57+,58+,59+,60-,61+,65-,66+,67-,68-,69-/m1/s1. The second-order valence-corrected chi connectivity index (χ2v) is 32.1. The number of aliphatic hydroxyl groups is 16. The molecule has 0 spiro atoms. The van der Waals surface area contributed by atoms with Crippen molar-refractivity contribution in [2.24, 2.45) is 50.2 Å². The average Bonchev–Trinajstić information content (AvgIpc) is 0.670. The Kier molecular flexibility index (Phi) is 23.4. The molecule has 0 radical (unpaired) electrons. The van der Waals surface area contributed by atoms with Crippen molar-refractivity contribution in [3.8, 4) is 0 Å². The Morgan fingerprint density at radius 3 is 1.87 bits per heavy atom. The number of hydrogen-bond donors (Lipinski definition) is 17. The highest BCUT2D eigenvalue weighted by Gasteiger charge is 2.73. The number of rotatable bonds is 20. The number of aliphatic hydroxyl groups excluding tert-OH is 16. The van der Waals surface area contributed by atoms with Crippen LogP contribution in [-0.2, 0) is 61.7 Å². The van der Waals surface area contributed by atoms with Gasteiger partial charge in [-0.1, -0.05) is 72.3 Å². The summed E-state index contributed by atoms with van der Waals surface area (Å²) in [6.45, 7) is 20.5. The first-order chi connectivity index (χ1) is 46.2. The normalized spacial score (nSPS) is 50.4. The van der Waals surface area contributed by atoms with Crippen molar-refractivity contribution < 1.29 is 149 Å². The summed E-state index contributed by atoms with van der Waals surface area (Å²) in [6.07, 6.45) is -33.2. The minimum Gasteiger partial charge on any atom is -0.481 e. The molecule has 10 aliphatic rings. The van der Waals surface area contributed by atoms with E-state index in [0.717, 1.165) is 5.57 Å². The second-order valence-electron chi connectivity index (χ2n) is 32.1. The van der Waals surface area contributed by atoms with Crippen LogP contribution in [0.4, 0.5) is 0 Å². The van der Waals surface area contributed by atoms with Crippen LogP contribution in [0.3, 0.4) is 0 Å². The number of carboxylic acids is 1. The van der Waals surface area contributed by atoms with Crippen LogP contribution in [-0.4, -0.2) is 297 Å². The van der Waals surface area contributed by atoms with Crippen molar-refractivity contribution in [2.75, 3.05) is 26.4 Å². The first-order valence-electron chi connectivity index (χ1n) is 34.9. The Labute approximate surface area is 576 Å². The SMILES string of the molecule is C=C[C@](C)(CC/C=C(\CO)C(=O)O[C@H]1C[C@]2(C(=O)O)[C@H](O)C[C@]3(C)C(=CC[C@@H]4[C@@]5(C)CC[C@H](O[C@@H]6O[C@H](CO[C@@H]7O[C@H](C)[C@H](O)[C@H](O)[C@H]7O[C@@H]7OC[C@@H](O)[C@H](O)[C@H]7O)[C@@H](O)[C@H](O)[C@H]6O[C@@H]6O[C@H](CO)[C@@H](O)[C@H](O)[C@H]6O)C(C)(C)[C@@H]5CC[C@]43C)[C@@H]2CC1(C)C)O[C@@H]1O[C@H](C)[C@@H](O)[C@H](O)[C@H]1O. The van der Waals surface area contributed by atoms with E-state index >= 15 is 0 Å². The van der Waals surface area contributed by atoms with Gasteiger partial charge >= 0.3 is 11.9 Å². The summed E-state index contributed by atoms with van der Waals surface area (Å²) >= 11 is 0. The average molecular weight is 1420 g/mol. The highest BCUT2D eigenvalue weighted by Crippen LogP contribution is 2.76. The minimum atomic E-state index is -1.95. The van der Waals surface area contributed by atoms with E-state index in [9.17, 15) is 96.4 Å². The van der Waals surface area contributed by atoms with E-state index in [1.165, 1.54) is 26.0 Å². The Morgan fingerprint density at radius 1 is 0.636 bits per heavy atom. The highest BCUT2D eigenvalue weighted by atomic mass is 16.8. The Morgan fingerprint density at radius 2 is 1.22 bits per heavy atom. The number of aliphatic carboxylic acids is 1. The lowest BCUT2D eigenvalue weighted by atomic mass is 9.33. The molecule has 4 saturated carbocycles. The summed E-state index contributed by atoms with van der Waals surface area (Å²) in [6, 6.07) is 0. The number of hydrogen-bond acceptors (Lipinski definition) is 29. The van der Waals surface area contributed by atoms with E-state index in [-0.39, 0.29) is 49.5 Å². The van der Waals surface area contributed by atoms with Gasteiger partial charge in [-0.05, 0) is 118 Å². The monoisotopic (exact) mass is 1420 g/mol. The van der Waals surface area contributed by atoms with Crippen molar-refractivity contribution >= 4 is 11.9 Å². The Balaban J connectivity index is 0.864. The summed E-state index contributed by atoms with van der Waals surface area (Å²) < 4.78 is 66.6. The van der Waals surface area contributed by atoms with Gasteiger partial charge in [-0.3, -0.25) is 4.79 Å². The van der Waals surface area contributed by atoms with Crippen LogP contribution in [0.25, 0.3) is 0 Å². The van der Waals surface area contributed by atoms with E-state index in [1.54, 1.807) is 6.92 Å². The molecule has 35 atom stereocenters. The fraction of sp³-hybridized carbons (Fsp3) is 0.884. The van der Waals surface area contributed by atoms with Gasteiger partial charge in [0.1, 0.15) is 115 Å². The third-order valence-corrected chi connectivity index (χ3v) is 25.6. The molecular formula is C69H110O30. The van der Waals surface area contributed by atoms with Crippen molar-refractivity contribution in [3.63, 3.8) is 0 Å². The summed E-state index contributed by atoms with van der Waals surface area (Å²) in [7, 11) is 0. The van der Waals surface area contributed by atoms with E-state index in [4.69, 9.17) is 52.1 Å². The van der Waals surface area contributed by atoms with Crippen molar-refractivity contribution in [2.45, 2.75) is 305 Å². The molecule has 9 fully saturated rings. The fourth-order valence-electron chi connectivity index (χ4n) is 19.0. The molecule has 0 amide bonds. The van der Waals surface area contributed by atoms with Crippen LogP contribution < -0.4 is 0 Å².